The molecule has 0 aromatic heterocycles. The van der Waals surface area contributed by atoms with Crippen molar-refractivity contribution < 1.29 is 14.3 Å². The largest absolute Gasteiger partial charge is 0.465 e. The lowest BCUT2D eigenvalue weighted by Crippen LogP contribution is -2.33. The van der Waals surface area contributed by atoms with E-state index in [1.165, 1.54) is 25.3 Å². The molecule has 0 aliphatic rings. The number of esters is 1. The van der Waals surface area contributed by atoms with Gasteiger partial charge in [0.15, 0.2) is 0 Å². The van der Waals surface area contributed by atoms with Crippen LogP contribution in [0.1, 0.15) is 27.5 Å². The highest BCUT2D eigenvalue weighted by atomic mass is 35.5. The quantitative estimate of drug-likeness (QED) is 0.596. The van der Waals surface area contributed by atoms with Gasteiger partial charge in [-0.2, -0.15) is 0 Å². The summed E-state index contributed by atoms with van der Waals surface area (Å²) in [7, 11) is 1.29. The van der Waals surface area contributed by atoms with E-state index in [-0.39, 0.29) is 6.04 Å². The first-order valence-electron chi connectivity index (χ1n) is 8.64. The lowest BCUT2D eigenvalue weighted by Gasteiger charge is -2.20. The van der Waals surface area contributed by atoms with Crippen LogP contribution in [0.15, 0.2) is 78.9 Å². The van der Waals surface area contributed by atoms with Gasteiger partial charge in [-0.3, -0.25) is 0 Å². The first kappa shape index (κ1) is 19.5. The van der Waals surface area contributed by atoms with E-state index in [4.69, 9.17) is 16.3 Å². The van der Waals surface area contributed by atoms with Crippen LogP contribution in [0.3, 0.4) is 0 Å². The van der Waals surface area contributed by atoms with Gasteiger partial charge in [-0.15, -0.1) is 0 Å². The number of anilines is 1. The third-order valence-corrected chi connectivity index (χ3v) is 4.51. The molecule has 0 aliphatic heterocycles. The summed E-state index contributed by atoms with van der Waals surface area (Å²) < 4.78 is 4.71. The molecule has 5 nitrogen and oxygen atoms in total. The molecule has 0 heterocycles. The lowest BCUT2D eigenvalue weighted by molar-refractivity contribution is 0.0600. The van der Waals surface area contributed by atoms with Gasteiger partial charge in [-0.25, -0.2) is 9.59 Å². The van der Waals surface area contributed by atoms with Crippen molar-refractivity contribution in [1.82, 2.24) is 5.32 Å². The predicted molar refractivity (Wildman–Crippen MR) is 110 cm³/mol. The molecular formula is C22H19ClN2O3. The van der Waals surface area contributed by atoms with E-state index < -0.39 is 12.0 Å². The van der Waals surface area contributed by atoms with Crippen LogP contribution in [0.5, 0.6) is 0 Å². The van der Waals surface area contributed by atoms with Gasteiger partial charge in [0.2, 0.25) is 0 Å². The molecule has 2 N–H and O–H groups in total. The number of hydrogen-bond acceptors (Lipinski definition) is 3. The number of urea groups is 1. The van der Waals surface area contributed by atoms with E-state index >= 15 is 0 Å². The fraction of sp³-hybridized carbons (Fsp3) is 0.0909. The second-order valence-corrected chi connectivity index (χ2v) is 6.45. The van der Waals surface area contributed by atoms with Crippen LogP contribution in [0, 0.1) is 0 Å². The molecule has 0 saturated carbocycles. The van der Waals surface area contributed by atoms with Crippen molar-refractivity contribution in [2.75, 3.05) is 12.4 Å². The SMILES string of the molecule is COC(=O)c1ccc(Cl)c(NC(=O)NC(c2ccccc2)c2ccccc2)c1. The molecule has 0 unspecified atom stereocenters. The second-order valence-electron chi connectivity index (χ2n) is 6.04. The van der Waals surface area contributed by atoms with Gasteiger partial charge in [-0.1, -0.05) is 72.3 Å². The molecule has 6 heteroatoms. The molecule has 0 aliphatic carbocycles. The fourth-order valence-electron chi connectivity index (χ4n) is 2.81. The van der Waals surface area contributed by atoms with Crippen LogP contribution in [0.2, 0.25) is 5.02 Å². The van der Waals surface area contributed by atoms with E-state index in [2.05, 4.69) is 10.6 Å². The second kappa shape index (κ2) is 9.06. The summed E-state index contributed by atoms with van der Waals surface area (Å²) in [5.74, 6) is -0.508. The number of amides is 2. The van der Waals surface area contributed by atoms with Crippen molar-refractivity contribution in [3.63, 3.8) is 0 Å². The Balaban J connectivity index is 1.83. The van der Waals surface area contributed by atoms with Crippen molar-refractivity contribution in [3.05, 3.63) is 101 Å². The van der Waals surface area contributed by atoms with Gasteiger partial charge in [0.05, 0.1) is 29.4 Å². The molecule has 2 amide bonds. The Morgan fingerprint density at radius 1 is 0.893 bits per heavy atom. The van der Waals surface area contributed by atoms with Crippen LogP contribution in [-0.2, 0) is 4.74 Å². The summed E-state index contributed by atoms with van der Waals surface area (Å²) in [6.07, 6.45) is 0. The van der Waals surface area contributed by atoms with Crippen LogP contribution < -0.4 is 10.6 Å². The number of carbonyl (C=O) groups excluding carboxylic acids is 2. The summed E-state index contributed by atoms with van der Waals surface area (Å²) in [6.45, 7) is 0. The van der Waals surface area contributed by atoms with Gasteiger partial charge in [0.1, 0.15) is 0 Å². The molecule has 0 bridgehead atoms. The van der Waals surface area contributed by atoms with E-state index in [1.807, 2.05) is 60.7 Å². The average molecular weight is 395 g/mol. The molecule has 0 spiro atoms. The smallest absolute Gasteiger partial charge is 0.337 e. The minimum atomic E-state index is -0.508. The maximum Gasteiger partial charge on any atom is 0.337 e. The first-order chi connectivity index (χ1) is 13.6. The number of halogens is 1. The number of ether oxygens (including phenoxy) is 1. The zero-order valence-corrected chi connectivity index (χ0v) is 15.9. The standard InChI is InChI=1S/C22H19ClN2O3/c1-28-21(26)17-12-13-18(23)19(14-17)24-22(27)25-20(15-8-4-2-5-9-15)16-10-6-3-7-11-16/h2-14,20H,1H3,(H2,24,25,27). The molecule has 3 aromatic rings. The van der Waals surface area contributed by atoms with Crippen molar-refractivity contribution in [2.24, 2.45) is 0 Å². The van der Waals surface area contributed by atoms with Gasteiger partial charge < -0.3 is 15.4 Å². The summed E-state index contributed by atoms with van der Waals surface area (Å²) in [4.78, 5) is 24.4. The Morgan fingerprint density at radius 2 is 1.46 bits per heavy atom. The normalized spacial score (nSPS) is 10.4. The maximum absolute atomic E-state index is 12.7. The highest BCUT2D eigenvalue weighted by Gasteiger charge is 2.18. The molecule has 0 radical (unpaired) electrons. The van der Waals surface area contributed by atoms with Crippen LogP contribution in [0.25, 0.3) is 0 Å². The predicted octanol–water partition coefficient (Wildman–Crippen LogP) is 5.04. The third-order valence-electron chi connectivity index (χ3n) is 4.18. The van der Waals surface area contributed by atoms with Crippen molar-refractivity contribution in [1.29, 1.82) is 0 Å². The Kier molecular flexibility index (Phi) is 6.29. The maximum atomic E-state index is 12.7. The number of nitrogens with one attached hydrogen (secondary N) is 2. The van der Waals surface area contributed by atoms with E-state index in [1.54, 1.807) is 0 Å². The number of benzene rings is 3. The van der Waals surface area contributed by atoms with Gasteiger partial charge in [0, 0.05) is 0 Å². The molecule has 0 fully saturated rings. The average Bonchev–Trinajstić information content (AvgIpc) is 2.74. The Hall–Kier alpha value is -3.31. The van der Waals surface area contributed by atoms with Gasteiger partial charge in [-0.05, 0) is 29.3 Å². The van der Waals surface area contributed by atoms with Crippen LogP contribution >= 0.6 is 11.6 Å². The third kappa shape index (κ3) is 4.69. The van der Waals surface area contributed by atoms with Crippen molar-refractivity contribution in [3.8, 4) is 0 Å². The van der Waals surface area contributed by atoms with Crippen LogP contribution in [0.4, 0.5) is 10.5 Å². The molecule has 0 atom stereocenters. The molecule has 3 rings (SSSR count). The highest BCUT2D eigenvalue weighted by molar-refractivity contribution is 6.33. The number of hydrogen-bond donors (Lipinski definition) is 2. The Labute approximate surface area is 168 Å². The van der Waals surface area contributed by atoms with Crippen LogP contribution in [-0.4, -0.2) is 19.1 Å². The lowest BCUT2D eigenvalue weighted by atomic mass is 9.99. The number of rotatable bonds is 5. The number of carbonyl (C=O) groups is 2. The summed E-state index contributed by atoms with van der Waals surface area (Å²) in [6, 6.07) is 23.1. The number of methoxy groups -OCH3 is 1. The minimum Gasteiger partial charge on any atom is -0.465 e. The summed E-state index contributed by atoms with van der Waals surface area (Å²) in [5, 5.41) is 5.99. The Bertz CT molecular complexity index is 923. The zero-order chi connectivity index (χ0) is 19.9. The van der Waals surface area contributed by atoms with E-state index in [0.717, 1.165) is 11.1 Å². The molecule has 142 valence electrons. The molecule has 3 aromatic carbocycles. The first-order valence-corrected chi connectivity index (χ1v) is 9.01. The summed E-state index contributed by atoms with van der Waals surface area (Å²) in [5.41, 5.74) is 2.50. The van der Waals surface area contributed by atoms with Crippen molar-refractivity contribution >= 4 is 29.3 Å². The minimum absolute atomic E-state index is 0.296. The van der Waals surface area contributed by atoms with E-state index in [0.29, 0.717) is 16.3 Å². The van der Waals surface area contributed by atoms with Gasteiger partial charge in [0.25, 0.3) is 0 Å². The zero-order valence-electron chi connectivity index (χ0n) is 15.2. The summed E-state index contributed by atoms with van der Waals surface area (Å²) >= 11 is 6.16. The highest BCUT2D eigenvalue weighted by Crippen LogP contribution is 2.25. The Morgan fingerprint density at radius 3 is 2.00 bits per heavy atom. The molecule has 28 heavy (non-hydrogen) atoms. The molecule has 0 saturated heterocycles. The van der Waals surface area contributed by atoms with Gasteiger partial charge >= 0.3 is 12.0 Å². The van der Waals surface area contributed by atoms with E-state index in [9.17, 15) is 9.59 Å². The molecular weight excluding hydrogens is 376 g/mol. The van der Waals surface area contributed by atoms with Crippen molar-refractivity contribution in [2.45, 2.75) is 6.04 Å². The monoisotopic (exact) mass is 394 g/mol. The fourth-order valence-corrected chi connectivity index (χ4v) is 2.97. The topological polar surface area (TPSA) is 67.4 Å².